The van der Waals surface area contributed by atoms with E-state index in [1.165, 1.54) is 17.6 Å². The molecule has 3 aliphatic rings. The van der Waals surface area contributed by atoms with Gasteiger partial charge in [-0.1, -0.05) is 27.6 Å². The van der Waals surface area contributed by atoms with Crippen molar-refractivity contribution in [1.29, 1.82) is 0 Å². The zero-order valence-electron chi connectivity index (χ0n) is 11.3. The highest BCUT2D eigenvalue weighted by Gasteiger charge is 2.53. The van der Waals surface area contributed by atoms with Crippen LogP contribution in [0.3, 0.4) is 0 Å². The summed E-state index contributed by atoms with van der Waals surface area (Å²) in [5, 5.41) is 2.98. The Morgan fingerprint density at radius 2 is 2.25 bits per heavy atom. The SMILES string of the molecule is C[C@H]1O[C@@]2(CC3=C1CCC3)C(=O)Nc1cccc(Br)c12. The van der Waals surface area contributed by atoms with E-state index in [0.717, 1.165) is 28.6 Å². The number of ether oxygens (including phenoxy) is 1. The number of halogens is 1. The van der Waals surface area contributed by atoms with Crippen LogP contribution >= 0.6 is 15.9 Å². The summed E-state index contributed by atoms with van der Waals surface area (Å²) in [6.45, 7) is 2.07. The first kappa shape index (κ1) is 12.6. The average Bonchev–Trinajstić information content (AvgIpc) is 2.95. The molecule has 1 aromatic rings. The quantitative estimate of drug-likeness (QED) is 0.731. The summed E-state index contributed by atoms with van der Waals surface area (Å²) in [4.78, 5) is 12.6. The first-order valence-electron chi connectivity index (χ1n) is 7.11. The molecule has 104 valence electrons. The van der Waals surface area contributed by atoms with Gasteiger partial charge in [0, 0.05) is 22.1 Å². The maximum absolute atomic E-state index is 12.6. The number of carbonyl (C=O) groups is 1. The minimum Gasteiger partial charge on any atom is -0.353 e. The fourth-order valence-corrected chi connectivity index (χ4v) is 4.58. The normalized spacial score (nSPS) is 31.5. The summed E-state index contributed by atoms with van der Waals surface area (Å²) < 4.78 is 7.22. The molecule has 1 N–H and O–H groups in total. The molecular formula is C16H16BrNO2. The highest BCUT2D eigenvalue weighted by molar-refractivity contribution is 9.10. The van der Waals surface area contributed by atoms with Gasteiger partial charge in [0.05, 0.1) is 6.10 Å². The molecule has 2 atom stereocenters. The van der Waals surface area contributed by atoms with Gasteiger partial charge in [0.1, 0.15) is 0 Å². The molecule has 4 heteroatoms. The van der Waals surface area contributed by atoms with Crippen LogP contribution in [0.4, 0.5) is 5.69 Å². The molecule has 0 bridgehead atoms. The molecule has 4 rings (SSSR count). The van der Waals surface area contributed by atoms with Gasteiger partial charge in [-0.15, -0.1) is 0 Å². The zero-order valence-corrected chi connectivity index (χ0v) is 12.9. The number of anilines is 1. The smallest absolute Gasteiger partial charge is 0.261 e. The molecule has 1 spiro atoms. The molecule has 3 nitrogen and oxygen atoms in total. The largest absolute Gasteiger partial charge is 0.353 e. The molecule has 0 aromatic heterocycles. The summed E-state index contributed by atoms with van der Waals surface area (Å²) >= 11 is 3.59. The molecule has 2 heterocycles. The van der Waals surface area contributed by atoms with E-state index < -0.39 is 5.60 Å². The fraction of sp³-hybridized carbons (Fsp3) is 0.438. The lowest BCUT2D eigenvalue weighted by Gasteiger charge is -2.37. The van der Waals surface area contributed by atoms with E-state index in [1.807, 2.05) is 18.2 Å². The van der Waals surface area contributed by atoms with E-state index in [-0.39, 0.29) is 12.0 Å². The van der Waals surface area contributed by atoms with Crippen LogP contribution in [0, 0.1) is 0 Å². The van der Waals surface area contributed by atoms with Crippen LogP contribution < -0.4 is 5.32 Å². The lowest BCUT2D eigenvalue weighted by molar-refractivity contribution is -0.148. The lowest BCUT2D eigenvalue weighted by Crippen LogP contribution is -2.43. The molecule has 0 fully saturated rings. The van der Waals surface area contributed by atoms with E-state index in [2.05, 4.69) is 28.2 Å². The summed E-state index contributed by atoms with van der Waals surface area (Å²) in [6.07, 6.45) is 4.16. The maximum atomic E-state index is 12.6. The van der Waals surface area contributed by atoms with Crippen molar-refractivity contribution in [3.63, 3.8) is 0 Å². The van der Waals surface area contributed by atoms with E-state index in [9.17, 15) is 4.79 Å². The highest BCUT2D eigenvalue weighted by atomic mass is 79.9. The summed E-state index contributed by atoms with van der Waals surface area (Å²) in [7, 11) is 0. The van der Waals surface area contributed by atoms with Crippen molar-refractivity contribution in [1.82, 2.24) is 0 Å². The molecule has 1 amide bonds. The summed E-state index contributed by atoms with van der Waals surface area (Å²) in [5.74, 6) is -0.0234. The predicted molar refractivity (Wildman–Crippen MR) is 80.5 cm³/mol. The first-order chi connectivity index (χ1) is 9.62. The van der Waals surface area contributed by atoms with Gasteiger partial charge in [0.2, 0.25) is 0 Å². The monoisotopic (exact) mass is 333 g/mol. The Kier molecular flexibility index (Phi) is 2.63. The molecule has 0 saturated heterocycles. The van der Waals surface area contributed by atoms with Crippen molar-refractivity contribution in [2.24, 2.45) is 0 Å². The third-order valence-corrected chi connectivity index (χ3v) is 5.40. The fourth-order valence-electron chi connectivity index (χ4n) is 3.89. The number of amides is 1. The average molecular weight is 334 g/mol. The van der Waals surface area contributed by atoms with Gasteiger partial charge in [-0.25, -0.2) is 0 Å². The van der Waals surface area contributed by atoms with Gasteiger partial charge >= 0.3 is 0 Å². The number of benzene rings is 1. The van der Waals surface area contributed by atoms with Crippen molar-refractivity contribution in [3.05, 3.63) is 39.4 Å². The van der Waals surface area contributed by atoms with Gasteiger partial charge in [-0.3, -0.25) is 4.79 Å². The third kappa shape index (κ3) is 1.52. The van der Waals surface area contributed by atoms with Crippen molar-refractivity contribution < 1.29 is 9.53 Å². The lowest BCUT2D eigenvalue weighted by atomic mass is 9.83. The molecule has 20 heavy (non-hydrogen) atoms. The van der Waals surface area contributed by atoms with Gasteiger partial charge in [0.25, 0.3) is 5.91 Å². The van der Waals surface area contributed by atoms with Crippen LogP contribution in [0.2, 0.25) is 0 Å². The van der Waals surface area contributed by atoms with E-state index in [0.29, 0.717) is 6.42 Å². The maximum Gasteiger partial charge on any atom is 0.261 e. The van der Waals surface area contributed by atoms with Gasteiger partial charge in [-0.05, 0) is 43.9 Å². The van der Waals surface area contributed by atoms with Crippen molar-refractivity contribution >= 4 is 27.5 Å². The van der Waals surface area contributed by atoms with Crippen LogP contribution in [0.5, 0.6) is 0 Å². The number of rotatable bonds is 0. The Labute approximate surface area is 126 Å². The minimum absolute atomic E-state index is 0.0234. The van der Waals surface area contributed by atoms with Crippen LogP contribution in [-0.4, -0.2) is 12.0 Å². The standard InChI is InChI=1S/C16H16BrNO2/c1-9-11-5-2-4-10(11)8-16(20-9)14-12(17)6-3-7-13(14)18-15(16)19/h3,6-7,9H,2,4-5,8H2,1H3,(H,18,19)/t9-,16-/m1/s1. The summed E-state index contributed by atoms with van der Waals surface area (Å²) in [6, 6.07) is 5.86. The number of hydrogen-bond acceptors (Lipinski definition) is 2. The number of carbonyl (C=O) groups excluding carboxylic acids is 1. The first-order valence-corrected chi connectivity index (χ1v) is 7.90. The zero-order chi connectivity index (χ0) is 13.9. The van der Waals surface area contributed by atoms with Crippen LogP contribution in [0.25, 0.3) is 0 Å². The van der Waals surface area contributed by atoms with Crippen LogP contribution in [-0.2, 0) is 15.1 Å². The van der Waals surface area contributed by atoms with Gasteiger partial charge < -0.3 is 10.1 Å². The van der Waals surface area contributed by atoms with Crippen molar-refractivity contribution in [3.8, 4) is 0 Å². The molecule has 0 saturated carbocycles. The number of fused-ring (bicyclic) bond motifs is 2. The topological polar surface area (TPSA) is 38.3 Å². The van der Waals surface area contributed by atoms with E-state index in [4.69, 9.17) is 4.74 Å². The van der Waals surface area contributed by atoms with Gasteiger partial charge in [-0.2, -0.15) is 0 Å². The predicted octanol–water partition coefficient (Wildman–Crippen LogP) is 3.89. The number of hydrogen-bond donors (Lipinski definition) is 1. The molecule has 1 aliphatic carbocycles. The molecular weight excluding hydrogens is 318 g/mol. The van der Waals surface area contributed by atoms with Crippen LogP contribution in [0.15, 0.2) is 33.8 Å². The Hall–Kier alpha value is -1.13. The van der Waals surface area contributed by atoms with Crippen molar-refractivity contribution in [2.75, 3.05) is 5.32 Å². The Morgan fingerprint density at radius 1 is 1.40 bits per heavy atom. The van der Waals surface area contributed by atoms with E-state index >= 15 is 0 Å². The number of nitrogens with one attached hydrogen (secondary N) is 1. The second-order valence-corrected chi connectivity index (χ2v) is 6.72. The summed E-state index contributed by atoms with van der Waals surface area (Å²) in [5.41, 5.74) is 3.86. The van der Waals surface area contributed by atoms with Gasteiger partial charge in [0.15, 0.2) is 5.60 Å². The molecule has 0 radical (unpaired) electrons. The molecule has 1 aromatic carbocycles. The molecule has 2 aliphatic heterocycles. The highest BCUT2D eigenvalue weighted by Crippen LogP contribution is 2.52. The van der Waals surface area contributed by atoms with Crippen LogP contribution in [0.1, 0.15) is 38.2 Å². The Balaban J connectivity index is 1.89. The third-order valence-electron chi connectivity index (χ3n) is 4.74. The second-order valence-electron chi connectivity index (χ2n) is 5.86. The minimum atomic E-state index is -0.835. The van der Waals surface area contributed by atoms with E-state index in [1.54, 1.807) is 0 Å². The molecule has 0 unspecified atom stereocenters. The Morgan fingerprint density at radius 3 is 3.10 bits per heavy atom. The van der Waals surface area contributed by atoms with Crippen molar-refractivity contribution in [2.45, 2.75) is 44.3 Å². The Bertz CT molecular complexity index is 652. The second kappa shape index (κ2) is 4.18.